The van der Waals surface area contributed by atoms with Crippen LogP contribution in [0.4, 0.5) is 27.6 Å². The zero-order chi connectivity index (χ0) is 25.5. The molecule has 0 unspecified atom stereocenters. The van der Waals surface area contributed by atoms with Gasteiger partial charge in [-0.25, -0.2) is 13.6 Å². The van der Waals surface area contributed by atoms with Crippen LogP contribution < -0.4 is 5.32 Å². The van der Waals surface area contributed by atoms with Crippen LogP contribution in [0.2, 0.25) is 0 Å². The lowest BCUT2D eigenvalue weighted by Crippen LogP contribution is -2.29. The Labute approximate surface area is 196 Å². The van der Waals surface area contributed by atoms with Crippen molar-refractivity contribution in [1.82, 2.24) is 4.98 Å². The summed E-state index contributed by atoms with van der Waals surface area (Å²) < 4.78 is 68.1. The van der Waals surface area contributed by atoms with Gasteiger partial charge in [0.1, 0.15) is 11.6 Å². The monoisotopic (exact) mass is 490 g/mol. The molecule has 35 heavy (non-hydrogen) atoms. The van der Waals surface area contributed by atoms with Gasteiger partial charge < -0.3 is 10.4 Å². The van der Waals surface area contributed by atoms with Crippen molar-refractivity contribution in [1.29, 1.82) is 0 Å². The standard InChI is InChI=1S/C25H19F5N2O3/c1-2-15-5-3-13(12-31-15)21-17(22(33)34)10-16(11-20(21)27)32-23(35)24(7-8-24)18-6-4-14(9-19(18)26)25(28,29)30/h3-6,9-12H,2,7-8H2,1H3,(H,32,35)(H,33,34). The van der Waals surface area contributed by atoms with Gasteiger partial charge in [-0.15, -0.1) is 0 Å². The number of carbonyl (C=O) groups excluding carboxylic acids is 1. The third kappa shape index (κ3) is 4.60. The summed E-state index contributed by atoms with van der Waals surface area (Å²) in [6.45, 7) is 1.88. The number of amides is 1. The fourth-order valence-corrected chi connectivity index (χ4v) is 4.00. The predicted molar refractivity (Wildman–Crippen MR) is 117 cm³/mol. The van der Waals surface area contributed by atoms with E-state index in [-0.39, 0.29) is 35.2 Å². The van der Waals surface area contributed by atoms with Gasteiger partial charge in [0.25, 0.3) is 0 Å². The van der Waals surface area contributed by atoms with Gasteiger partial charge in [-0.1, -0.05) is 19.1 Å². The Morgan fingerprint density at radius 2 is 1.77 bits per heavy atom. The molecular weight excluding hydrogens is 471 g/mol. The maximum absolute atomic E-state index is 15.0. The molecule has 3 aromatic rings. The lowest BCUT2D eigenvalue weighted by molar-refractivity contribution is -0.137. The van der Waals surface area contributed by atoms with Gasteiger partial charge in [-0.3, -0.25) is 9.78 Å². The molecule has 1 aliphatic carbocycles. The molecule has 2 N–H and O–H groups in total. The minimum Gasteiger partial charge on any atom is -0.478 e. The fourth-order valence-electron chi connectivity index (χ4n) is 4.00. The van der Waals surface area contributed by atoms with E-state index in [1.807, 2.05) is 6.92 Å². The van der Waals surface area contributed by atoms with Crippen LogP contribution in [0, 0.1) is 11.6 Å². The Hall–Kier alpha value is -3.82. The van der Waals surface area contributed by atoms with Crippen molar-refractivity contribution < 1.29 is 36.6 Å². The quantitative estimate of drug-likeness (QED) is 0.417. The maximum Gasteiger partial charge on any atom is 0.416 e. The molecule has 1 amide bonds. The summed E-state index contributed by atoms with van der Waals surface area (Å²) in [5.41, 5.74) is -2.64. The molecule has 0 saturated heterocycles. The van der Waals surface area contributed by atoms with Crippen molar-refractivity contribution in [3.05, 3.63) is 82.7 Å². The Balaban J connectivity index is 1.65. The number of carboxylic acid groups (broad SMARTS) is 1. The number of nitrogens with zero attached hydrogens (tertiary/aromatic N) is 1. The molecule has 0 atom stereocenters. The van der Waals surface area contributed by atoms with Crippen LogP contribution in [0.3, 0.4) is 0 Å². The Kier molecular flexibility index (Phi) is 6.08. The van der Waals surface area contributed by atoms with Crippen LogP contribution in [0.25, 0.3) is 11.1 Å². The van der Waals surface area contributed by atoms with Gasteiger partial charge in [-0.2, -0.15) is 13.2 Å². The van der Waals surface area contributed by atoms with E-state index in [1.165, 1.54) is 6.20 Å². The summed E-state index contributed by atoms with van der Waals surface area (Å²) in [5.74, 6) is -4.31. The van der Waals surface area contributed by atoms with Crippen molar-refractivity contribution in [2.75, 3.05) is 5.32 Å². The number of carbonyl (C=O) groups is 2. The summed E-state index contributed by atoms with van der Waals surface area (Å²) in [5, 5.41) is 12.0. The number of anilines is 1. The van der Waals surface area contributed by atoms with E-state index in [0.717, 1.165) is 23.9 Å². The number of aromatic nitrogens is 1. The Morgan fingerprint density at radius 3 is 2.29 bits per heavy atom. The SMILES string of the molecule is CCc1ccc(-c2c(F)cc(NC(=O)C3(c4ccc(C(F)(F)F)cc4F)CC3)cc2C(=O)O)cn1. The first-order valence-corrected chi connectivity index (χ1v) is 10.7. The Bertz CT molecular complexity index is 1320. The smallest absolute Gasteiger partial charge is 0.416 e. The van der Waals surface area contributed by atoms with Crippen molar-refractivity contribution in [2.24, 2.45) is 0 Å². The van der Waals surface area contributed by atoms with Crippen LogP contribution in [0.15, 0.2) is 48.7 Å². The maximum atomic E-state index is 15.0. The number of halogens is 5. The van der Waals surface area contributed by atoms with Crippen LogP contribution in [0.1, 0.15) is 46.9 Å². The molecule has 1 fully saturated rings. The number of benzene rings is 2. The summed E-state index contributed by atoms with van der Waals surface area (Å²) in [7, 11) is 0. The van der Waals surface area contributed by atoms with Gasteiger partial charge in [0, 0.05) is 34.3 Å². The molecule has 0 bridgehead atoms. The average Bonchev–Trinajstić information content (AvgIpc) is 3.60. The highest BCUT2D eigenvalue weighted by atomic mass is 19.4. The van der Waals surface area contributed by atoms with E-state index in [4.69, 9.17) is 0 Å². The molecule has 5 nitrogen and oxygen atoms in total. The minimum atomic E-state index is -4.74. The number of alkyl halides is 3. The first-order valence-electron chi connectivity index (χ1n) is 10.7. The molecule has 1 aliphatic rings. The second kappa shape index (κ2) is 8.75. The lowest BCUT2D eigenvalue weighted by atomic mass is 9.92. The summed E-state index contributed by atoms with van der Waals surface area (Å²) in [6.07, 6.45) is -2.40. The first kappa shape index (κ1) is 24.3. The van der Waals surface area contributed by atoms with E-state index >= 15 is 4.39 Å². The minimum absolute atomic E-state index is 0.170. The number of pyridine rings is 1. The number of hydrogen-bond donors (Lipinski definition) is 2. The van der Waals surface area contributed by atoms with Crippen LogP contribution in [0.5, 0.6) is 0 Å². The Morgan fingerprint density at radius 1 is 1.06 bits per heavy atom. The molecule has 4 rings (SSSR count). The largest absolute Gasteiger partial charge is 0.478 e. The van der Waals surface area contributed by atoms with E-state index in [9.17, 15) is 32.3 Å². The molecule has 0 spiro atoms. The number of aromatic carboxylic acids is 1. The molecular formula is C25H19F5N2O3. The topological polar surface area (TPSA) is 79.3 Å². The number of rotatable bonds is 6. The van der Waals surface area contributed by atoms with Gasteiger partial charge >= 0.3 is 12.1 Å². The average molecular weight is 490 g/mol. The summed E-state index contributed by atoms with van der Waals surface area (Å²) in [6, 6.07) is 7.15. The molecule has 0 aliphatic heterocycles. The second-order valence-corrected chi connectivity index (χ2v) is 8.31. The molecule has 10 heteroatoms. The van der Waals surface area contributed by atoms with Gasteiger partial charge in [0.05, 0.1) is 16.5 Å². The summed E-state index contributed by atoms with van der Waals surface area (Å²) >= 11 is 0. The fraction of sp³-hybridized carbons (Fsp3) is 0.240. The van der Waals surface area contributed by atoms with E-state index in [2.05, 4.69) is 10.3 Å². The van der Waals surface area contributed by atoms with Crippen LogP contribution in [-0.2, 0) is 22.8 Å². The number of nitrogens with one attached hydrogen (secondary N) is 1. The number of aryl methyl sites for hydroxylation is 1. The first-order chi connectivity index (χ1) is 16.5. The van der Waals surface area contributed by atoms with Crippen molar-refractivity contribution in [2.45, 2.75) is 37.8 Å². The molecule has 2 aromatic carbocycles. The zero-order valence-electron chi connectivity index (χ0n) is 18.3. The third-order valence-electron chi connectivity index (χ3n) is 6.05. The lowest BCUT2D eigenvalue weighted by Gasteiger charge is -2.19. The highest BCUT2D eigenvalue weighted by Crippen LogP contribution is 2.50. The van der Waals surface area contributed by atoms with Crippen molar-refractivity contribution in [3.63, 3.8) is 0 Å². The van der Waals surface area contributed by atoms with Gasteiger partial charge in [-0.05, 0) is 49.6 Å². The number of carboxylic acids is 1. The highest BCUT2D eigenvalue weighted by Gasteiger charge is 2.53. The van der Waals surface area contributed by atoms with E-state index in [0.29, 0.717) is 18.6 Å². The van der Waals surface area contributed by atoms with Crippen molar-refractivity contribution in [3.8, 4) is 11.1 Å². The van der Waals surface area contributed by atoms with E-state index in [1.54, 1.807) is 12.1 Å². The highest BCUT2D eigenvalue weighted by molar-refractivity contribution is 6.03. The van der Waals surface area contributed by atoms with Crippen molar-refractivity contribution >= 4 is 17.6 Å². The van der Waals surface area contributed by atoms with E-state index < -0.39 is 46.2 Å². The molecule has 182 valence electrons. The summed E-state index contributed by atoms with van der Waals surface area (Å²) in [4.78, 5) is 29.0. The molecule has 0 radical (unpaired) electrons. The molecule has 1 heterocycles. The zero-order valence-corrected chi connectivity index (χ0v) is 18.3. The van der Waals surface area contributed by atoms with Crippen LogP contribution >= 0.6 is 0 Å². The van der Waals surface area contributed by atoms with Gasteiger partial charge in [0.2, 0.25) is 5.91 Å². The third-order valence-corrected chi connectivity index (χ3v) is 6.05. The second-order valence-electron chi connectivity index (χ2n) is 8.31. The molecule has 1 aromatic heterocycles. The van der Waals surface area contributed by atoms with Crippen LogP contribution in [-0.4, -0.2) is 22.0 Å². The number of hydrogen-bond acceptors (Lipinski definition) is 3. The molecule has 1 saturated carbocycles. The normalized spacial score (nSPS) is 14.5. The predicted octanol–water partition coefficient (Wildman–Crippen LogP) is 5.98. The van der Waals surface area contributed by atoms with Gasteiger partial charge in [0.15, 0.2) is 0 Å².